The molecule has 2 aliphatic heterocycles. The molecule has 2 fully saturated rings. The molecule has 12 nitrogen and oxygen atoms in total. The predicted octanol–water partition coefficient (Wildman–Crippen LogP) is 4.06. The van der Waals surface area contributed by atoms with E-state index in [1.165, 1.54) is 23.5 Å². The van der Waals surface area contributed by atoms with Crippen molar-refractivity contribution in [1.82, 2.24) is 35.0 Å². The normalized spacial score (nSPS) is 18.3. The molecule has 6 heterocycles. The van der Waals surface area contributed by atoms with Gasteiger partial charge in [0.15, 0.2) is 5.13 Å². The molecule has 4 aromatic heterocycles. The van der Waals surface area contributed by atoms with E-state index in [9.17, 15) is 19.6 Å². The summed E-state index contributed by atoms with van der Waals surface area (Å²) < 4.78 is 15.6. The molecule has 246 valence electrons. The lowest BCUT2D eigenvalue weighted by Gasteiger charge is -2.32. The average molecular weight is 667 g/mol. The third-order valence-electron chi connectivity index (χ3n) is 8.96. The summed E-state index contributed by atoms with van der Waals surface area (Å²) in [6.45, 7) is 3.97. The number of imidazole rings is 1. The number of anilines is 3. The molecule has 5 aromatic rings. The number of hydrogen-bond acceptors (Lipinski definition) is 11. The second-order valence-corrected chi connectivity index (χ2v) is 13.1. The summed E-state index contributed by atoms with van der Waals surface area (Å²) in [6.07, 6.45) is 7.92. The maximum atomic E-state index is 13.6. The number of halogens is 1. The lowest BCUT2D eigenvalue weighted by atomic mass is 10.0. The molecule has 3 N–H and O–H groups in total. The maximum Gasteiger partial charge on any atom is 0.237 e. The highest BCUT2D eigenvalue weighted by Crippen LogP contribution is 2.37. The SMILES string of the molecule is CCc1nc2ccc(-c3cnc(N4CCC(NC(=O)[C@@H]5C[C@H](O)CN5)CC4)nc3)cn2c1N(C)c1nc(-c2ccc(F)cc2)c(C#N)s1. The van der Waals surface area contributed by atoms with Crippen LogP contribution < -0.4 is 20.4 Å². The van der Waals surface area contributed by atoms with Crippen LogP contribution in [0.1, 0.15) is 36.8 Å². The second kappa shape index (κ2) is 13.3. The maximum absolute atomic E-state index is 13.6. The largest absolute Gasteiger partial charge is 0.392 e. The number of aromatic nitrogens is 5. The van der Waals surface area contributed by atoms with Gasteiger partial charge in [0.25, 0.3) is 0 Å². The Bertz CT molecular complexity index is 1980. The standard InChI is InChI=1S/C34H35FN10O2S/c1-3-26-32(43(2)34-42-30(28(15-36)48-34)20-4-7-23(35)8-5-20)45-19-21(6-9-29(45)41-26)22-16-38-33(39-17-22)44-12-10-24(11-13-44)40-31(47)27-14-25(46)18-37-27/h4-9,16-17,19,24-25,27,37,46H,3,10-14,18H2,1-2H3,(H,40,47)/t25-,27-/m0/s1. The summed E-state index contributed by atoms with van der Waals surface area (Å²) >= 11 is 1.28. The molecule has 1 amide bonds. The number of amides is 1. The topological polar surface area (TPSA) is 148 Å². The van der Waals surface area contributed by atoms with Crippen molar-refractivity contribution in [1.29, 1.82) is 5.26 Å². The Labute approximate surface area is 280 Å². The zero-order valence-electron chi connectivity index (χ0n) is 26.6. The molecule has 48 heavy (non-hydrogen) atoms. The number of nitriles is 1. The fourth-order valence-electron chi connectivity index (χ4n) is 6.34. The summed E-state index contributed by atoms with van der Waals surface area (Å²) in [7, 11) is 1.91. The Morgan fingerprint density at radius 3 is 2.52 bits per heavy atom. The van der Waals surface area contributed by atoms with Gasteiger partial charge in [-0.15, -0.1) is 0 Å². The molecule has 7 rings (SSSR count). The molecule has 1 aromatic carbocycles. The van der Waals surface area contributed by atoms with Crippen LogP contribution in [0.4, 0.5) is 21.3 Å². The smallest absolute Gasteiger partial charge is 0.237 e. The van der Waals surface area contributed by atoms with Crippen LogP contribution >= 0.6 is 11.3 Å². The Hall–Kier alpha value is -4.97. The van der Waals surface area contributed by atoms with Gasteiger partial charge in [-0.1, -0.05) is 18.3 Å². The van der Waals surface area contributed by atoms with E-state index in [2.05, 4.69) is 21.6 Å². The number of hydrogen-bond donors (Lipinski definition) is 3. The van der Waals surface area contributed by atoms with Crippen molar-refractivity contribution in [3.05, 3.63) is 71.4 Å². The molecular weight excluding hydrogens is 632 g/mol. The Kier molecular flexibility index (Phi) is 8.74. The number of carbonyl (C=O) groups excluding carboxylic acids is 1. The number of nitrogens with one attached hydrogen (secondary N) is 2. The number of carbonyl (C=O) groups is 1. The van der Waals surface area contributed by atoms with E-state index in [-0.39, 0.29) is 23.8 Å². The van der Waals surface area contributed by atoms with Crippen molar-refractivity contribution in [3.63, 3.8) is 0 Å². The number of nitrogens with zero attached hydrogens (tertiary/aromatic N) is 8. The lowest BCUT2D eigenvalue weighted by Crippen LogP contribution is -2.49. The van der Waals surface area contributed by atoms with Gasteiger partial charge in [0.1, 0.15) is 33.9 Å². The van der Waals surface area contributed by atoms with Crippen LogP contribution in [-0.2, 0) is 11.2 Å². The molecule has 2 saturated heterocycles. The fourth-order valence-corrected chi connectivity index (χ4v) is 7.19. The Morgan fingerprint density at radius 1 is 1.12 bits per heavy atom. The number of benzene rings is 1. The van der Waals surface area contributed by atoms with Gasteiger partial charge < -0.3 is 25.5 Å². The first-order chi connectivity index (χ1) is 23.3. The number of fused-ring (bicyclic) bond motifs is 1. The fraction of sp³-hybridized carbons (Fsp3) is 0.353. The van der Waals surface area contributed by atoms with Crippen molar-refractivity contribution in [2.24, 2.45) is 0 Å². The van der Waals surface area contributed by atoms with E-state index >= 15 is 0 Å². The number of aliphatic hydroxyl groups excluding tert-OH is 1. The Balaban J connectivity index is 1.08. The molecule has 0 saturated carbocycles. The molecule has 2 atom stereocenters. The van der Waals surface area contributed by atoms with Gasteiger partial charge in [-0.05, 0) is 62.1 Å². The number of β-amino-alcohol motifs (C(OH)–C–C–N with tert-alkyl or cyclic N) is 1. The first kappa shape index (κ1) is 31.6. The number of thiazole rings is 1. The lowest BCUT2D eigenvalue weighted by molar-refractivity contribution is -0.123. The minimum absolute atomic E-state index is 0.0470. The van der Waals surface area contributed by atoms with Crippen LogP contribution in [0, 0.1) is 17.1 Å². The first-order valence-corrected chi connectivity index (χ1v) is 16.8. The van der Waals surface area contributed by atoms with Crippen LogP contribution in [0.5, 0.6) is 0 Å². The number of aliphatic hydroxyl groups is 1. The molecular formula is C34H35FN10O2S. The molecule has 0 radical (unpaired) electrons. The molecule has 0 spiro atoms. The zero-order chi connectivity index (χ0) is 33.4. The van der Waals surface area contributed by atoms with E-state index in [4.69, 9.17) is 19.9 Å². The highest BCUT2D eigenvalue weighted by Gasteiger charge is 2.30. The minimum atomic E-state index is -0.465. The number of piperidine rings is 1. The number of rotatable bonds is 8. The van der Waals surface area contributed by atoms with E-state index in [1.807, 2.05) is 54.0 Å². The molecule has 14 heteroatoms. The van der Waals surface area contributed by atoms with Crippen molar-refractivity contribution in [2.45, 2.75) is 50.8 Å². The zero-order valence-corrected chi connectivity index (χ0v) is 27.4. The van der Waals surface area contributed by atoms with Crippen molar-refractivity contribution in [3.8, 4) is 28.5 Å². The number of pyridine rings is 1. The summed E-state index contributed by atoms with van der Waals surface area (Å²) in [5.41, 5.74) is 4.63. The van der Waals surface area contributed by atoms with E-state index in [1.54, 1.807) is 12.1 Å². The van der Waals surface area contributed by atoms with Crippen LogP contribution in [0.2, 0.25) is 0 Å². The van der Waals surface area contributed by atoms with Crippen LogP contribution in [0.15, 0.2) is 55.0 Å². The van der Waals surface area contributed by atoms with E-state index in [0.29, 0.717) is 46.6 Å². The predicted molar refractivity (Wildman–Crippen MR) is 182 cm³/mol. The van der Waals surface area contributed by atoms with Crippen LogP contribution in [-0.4, -0.2) is 80.2 Å². The quantitative estimate of drug-likeness (QED) is 0.222. The van der Waals surface area contributed by atoms with Gasteiger partial charge in [-0.25, -0.2) is 24.3 Å². The average Bonchev–Trinajstić information content (AvgIpc) is 3.85. The third kappa shape index (κ3) is 6.19. The highest BCUT2D eigenvalue weighted by molar-refractivity contribution is 7.16. The molecule has 2 aliphatic rings. The summed E-state index contributed by atoms with van der Waals surface area (Å²) in [4.78, 5) is 36.1. The Morgan fingerprint density at radius 2 is 1.85 bits per heavy atom. The molecule has 0 bridgehead atoms. The monoisotopic (exact) mass is 666 g/mol. The first-order valence-electron chi connectivity index (χ1n) is 16.0. The van der Waals surface area contributed by atoms with Crippen LogP contribution in [0.3, 0.4) is 0 Å². The van der Waals surface area contributed by atoms with Crippen LogP contribution in [0.25, 0.3) is 28.0 Å². The molecule has 0 aliphatic carbocycles. The van der Waals surface area contributed by atoms with Gasteiger partial charge in [0.05, 0.1) is 17.8 Å². The van der Waals surface area contributed by atoms with E-state index in [0.717, 1.165) is 54.2 Å². The number of aryl methyl sites for hydroxylation is 1. The summed E-state index contributed by atoms with van der Waals surface area (Å²) in [5.74, 6) is 1.09. The van der Waals surface area contributed by atoms with Gasteiger partial charge in [0.2, 0.25) is 11.9 Å². The van der Waals surface area contributed by atoms with Gasteiger partial charge in [0, 0.05) is 68.0 Å². The van der Waals surface area contributed by atoms with Gasteiger partial charge >= 0.3 is 0 Å². The highest BCUT2D eigenvalue weighted by atomic mass is 32.1. The van der Waals surface area contributed by atoms with Gasteiger partial charge in [-0.2, -0.15) is 5.26 Å². The van der Waals surface area contributed by atoms with E-state index < -0.39 is 6.10 Å². The molecule has 0 unspecified atom stereocenters. The summed E-state index contributed by atoms with van der Waals surface area (Å²) in [6, 6.07) is 12.0. The van der Waals surface area contributed by atoms with Crippen molar-refractivity contribution in [2.75, 3.05) is 36.5 Å². The second-order valence-electron chi connectivity index (χ2n) is 12.1. The van der Waals surface area contributed by atoms with Crippen molar-refractivity contribution >= 4 is 39.8 Å². The van der Waals surface area contributed by atoms with Gasteiger partial charge in [-0.3, -0.25) is 9.20 Å². The summed E-state index contributed by atoms with van der Waals surface area (Å²) in [5, 5.41) is 26.4. The van der Waals surface area contributed by atoms with Crippen molar-refractivity contribution < 1.29 is 14.3 Å². The third-order valence-corrected chi connectivity index (χ3v) is 9.99. The minimum Gasteiger partial charge on any atom is -0.392 e.